The van der Waals surface area contributed by atoms with E-state index in [9.17, 15) is 0 Å². The first kappa shape index (κ1) is 36.6. The van der Waals surface area contributed by atoms with Gasteiger partial charge in [0.1, 0.15) is 41.0 Å². The van der Waals surface area contributed by atoms with Gasteiger partial charge in [-0.2, -0.15) is 10.0 Å². The van der Waals surface area contributed by atoms with Gasteiger partial charge in [0.2, 0.25) is 0 Å². The molecule has 13 rings (SSSR count). The van der Waals surface area contributed by atoms with E-state index in [1.165, 1.54) is 27.8 Å². The van der Waals surface area contributed by atoms with Crippen LogP contribution in [0.3, 0.4) is 0 Å². The highest BCUT2D eigenvalue weighted by Gasteiger charge is 2.60. The Kier molecular flexibility index (Phi) is 8.29. The molecule has 4 aliphatic heterocycles. The maximum atomic E-state index is 6.89. The Morgan fingerprint density at radius 2 is 1.49 bits per heavy atom. The Labute approximate surface area is 366 Å². The van der Waals surface area contributed by atoms with Crippen molar-refractivity contribution >= 4 is 21.9 Å². The average Bonchev–Trinajstić information content (AvgIpc) is 3.58. The molecule has 9 unspecified atom stereocenters. The number of rotatable bonds is 7. The Morgan fingerprint density at radius 1 is 0.714 bits per heavy atom. The number of hydrazine groups is 1. The quantitative estimate of drug-likeness (QED) is 0.155. The minimum absolute atomic E-state index is 0.0163. The first-order valence-corrected chi connectivity index (χ1v) is 22.1. The molecule has 7 heteroatoms. The normalized spacial score (nSPS) is 28.7. The molecule has 0 spiro atoms. The summed E-state index contributed by atoms with van der Waals surface area (Å²) in [6.07, 6.45) is 23.1. The molecule has 5 aromatic carbocycles. The zero-order valence-electron chi connectivity index (χ0n) is 34.8. The van der Waals surface area contributed by atoms with Gasteiger partial charge in [-0.1, -0.05) is 134 Å². The monoisotopic (exact) mass is 819 g/mol. The Morgan fingerprint density at radius 3 is 2.37 bits per heavy atom. The minimum atomic E-state index is -0.334. The molecule has 0 radical (unpaired) electrons. The van der Waals surface area contributed by atoms with E-state index in [-0.39, 0.29) is 30.1 Å². The molecule has 6 heterocycles. The molecule has 3 saturated heterocycles. The summed E-state index contributed by atoms with van der Waals surface area (Å²) >= 11 is 0. The molecule has 7 aromatic rings. The summed E-state index contributed by atoms with van der Waals surface area (Å²) in [5, 5.41) is 15.0. The maximum Gasteiger partial charge on any atom is 0.143 e. The number of para-hydroxylation sites is 2. The van der Waals surface area contributed by atoms with Crippen LogP contribution in [0.2, 0.25) is 0 Å². The van der Waals surface area contributed by atoms with Crippen LogP contribution in [0.4, 0.5) is 0 Å². The molecule has 9 atom stereocenters. The maximum absolute atomic E-state index is 6.89. The molecule has 2 aromatic heterocycles. The van der Waals surface area contributed by atoms with Crippen LogP contribution in [-0.2, 0) is 4.74 Å². The second-order valence-corrected chi connectivity index (χ2v) is 17.7. The second kappa shape index (κ2) is 14.3. The lowest BCUT2D eigenvalue weighted by atomic mass is 9.75. The van der Waals surface area contributed by atoms with Gasteiger partial charge in [0, 0.05) is 45.5 Å². The number of nitrogens with zero attached hydrogens (tertiary/aromatic N) is 3. The van der Waals surface area contributed by atoms with Crippen molar-refractivity contribution in [3.63, 3.8) is 0 Å². The summed E-state index contributed by atoms with van der Waals surface area (Å²) in [7, 11) is 0. The fourth-order valence-corrected chi connectivity index (χ4v) is 10.9. The van der Waals surface area contributed by atoms with Gasteiger partial charge in [0.25, 0.3) is 0 Å². The lowest BCUT2D eigenvalue weighted by Crippen LogP contribution is -2.31. The Balaban J connectivity index is 0.936. The summed E-state index contributed by atoms with van der Waals surface area (Å²) in [5.74, 6) is 1.73. The molecule has 0 saturated carbocycles. The molecule has 2 N–H and O–H groups in total. The Hall–Kier alpha value is -7.03. The van der Waals surface area contributed by atoms with Crippen LogP contribution in [-0.4, -0.2) is 20.6 Å². The number of dihydropyridines is 1. The summed E-state index contributed by atoms with van der Waals surface area (Å²) < 4.78 is 13.4. The van der Waals surface area contributed by atoms with Crippen molar-refractivity contribution in [1.82, 2.24) is 25.6 Å². The van der Waals surface area contributed by atoms with Crippen LogP contribution < -0.4 is 10.6 Å². The van der Waals surface area contributed by atoms with Gasteiger partial charge >= 0.3 is 0 Å². The fraction of sp³-hybridized carbons (Fsp3) is 0.161. The lowest BCUT2D eigenvalue weighted by molar-refractivity contribution is 0.0823. The van der Waals surface area contributed by atoms with Crippen LogP contribution in [0, 0.1) is 11.8 Å². The number of furan rings is 1. The van der Waals surface area contributed by atoms with Crippen molar-refractivity contribution in [2.24, 2.45) is 11.8 Å². The van der Waals surface area contributed by atoms with E-state index in [0.717, 1.165) is 62.1 Å². The second-order valence-electron chi connectivity index (χ2n) is 17.7. The third-order valence-corrected chi connectivity index (χ3v) is 13.9. The molecule has 2 aliphatic carbocycles. The highest BCUT2D eigenvalue weighted by atomic mass is 16.5. The van der Waals surface area contributed by atoms with Gasteiger partial charge in [-0.3, -0.25) is 10.3 Å². The topological polar surface area (TPSA) is 65.3 Å². The van der Waals surface area contributed by atoms with Crippen LogP contribution in [0.25, 0.3) is 44.3 Å². The summed E-state index contributed by atoms with van der Waals surface area (Å²) in [5.41, 5.74) is 12.7. The predicted octanol–water partition coefficient (Wildman–Crippen LogP) is 12.3. The first-order valence-electron chi connectivity index (χ1n) is 22.1. The molecule has 63 heavy (non-hydrogen) atoms. The number of hydrogen-bond donors (Lipinski definition) is 2. The van der Waals surface area contributed by atoms with Gasteiger partial charge in [-0.05, 0) is 101 Å². The van der Waals surface area contributed by atoms with Gasteiger partial charge in [-0.25, -0.2) is 0 Å². The van der Waals surface area contributed by atoms with Crippen molar-refractivity contribution in [1.29, 1.82) is 0 Å². The molecule has 0 amide bonds. The largest absolute Gasteiger partial charge is 0.486 e. The summed E-state index contributed by atoms with van der Waals surface area (Å²) in [6.45, 7) is 2.22. The zero-order chi connectivity index (χ0) is 41.6. The zero-order valence-corrected chi connectivity index (χ0v) is 34.8. The number of nitrogens with one attached hydrogen (secondary N) is 2. The number of hydrogen-bond acceptors (Lipinski definition) is 7. The fourth-order valence-electron chi connectivity index (χ4n) is 10.9. The van der Waals surface area contributed by atoms with E-state index < -0.39 is 0 Å². The molecule has 0 bridgehead atoms. The number of fused-ring (bicyclic) bond motifs is 7. The highest BCUT2D eigenvalue weighted by molar-refractivity contribution is 6.09. The Bertz CT molecular complexity index is 3160. The average molecular weight is 820 g/mol. The van der Waals surface area contributed by atoms with E-state index in [4.69, 9.17) is 14.1 Å². The van der Waals surface area contributed by atoms with Crippen LogP contribution in [0.1, 0.15) is 60.1 Å². The number of allylic oxidation sites excluding steroid dienone is 8. The van der Waals surface area contributed by atoms with E-state index >= 15 is 0 Å². The van der Waals surface area contributed by atoms with Crippen LogP contribution >= 0.6 is 0 Å². The lowest BCUT2D eigenvalue weighted by Gasteiger charge is -2.28. The van der Waals surface area contributed by atoms with Gasteiger partial charge in [0.15, 0.2) is 0 Å². The molecule has 7 nitrogen and oxygen atoms in total. The van der Waals surface area contributed by atoms with Gasteiger partial charge in [-0.15, -0.1) is 0 Å². The number of aromatic nitrogens is 1. The molecule has 6 aliphatic rings. The smallest absolute Gasteiger partial charge is 0.143 e. The highest BCUT2D eigenvalue weighted by Crippen LogP contribution is 2.57. The van der Waals surface area contributed by atoms with E-state index in [2.05, 4.69) is 204 Å². The molecular formula is C56H45N5O2. The number of pyridine rings is 1. The van der Waals surface area contributed by atoms with E-state index in [0.29, 0.717) is 11.8 Å². The van der Waals surface area contributed by atoms with Crippen molar-refractivity contribution in [2.75, 3.05) is 0 Å². The number of benzene rings is 5. The van der Waals surface area contributed by atoms with Crippen LogP contribution in [0.5, 0.6) is 0 Å². The predicted molar refractivity (Wildman–Crippen MR) is 249 cm³/mol. The summed E-state index contributed by atoms with van der Waals surface area (Å²) in [4.78, 5) is 5.06. The van der Waals surface area contributed by atoms with Crippen molar-refractivity contribution < 1.29 is 9.15 Å². The third-order valence-electron chi connectivity index (χ3n) is 13.9. The number of ether oxygens (including phenoxy) is 1. The summed E-state index contributed by atoms with van der Waals surface area (Å²) in [6, 6.07) is 47.5. The standard InChI is InChI=1S/C56H45N5O2/c1-56-27-11-10-23-47(56)46-22-13-20-43(52(46)63-56)38-26-29-58-49(34-38)40-30-39(48-33-37(25-28-57-48)42-19-12-21-45-44-18-8-9-24-50(44)62-51(42)45)31-41(32-40)54-59-53(35-14-4-2-5-15-35)60-55(61(54)60)36-16-6-3-7-17-36/h2-21,23-34,46-47,49,53-55,58-59H,22H2,1H3. The van der Waals surface area contributed by atoms with E-state index in [1.807, 2.05) is 18.3 Å². The molecule has 306 valence electrons. The van der Waals surface area contributed by atoms with E-state index in [1.54, 1.807) is 0 Å². The van der Waals surface area contributed by atoms with Crippen molar-refractivity contribution in [2.45, 2.75) is 43.5 Å². The molecular weight excluding hydrogens is 775 g/mol. The van der Waals surface area contributed by atoms with Crippen LogP contribution in [0.15, 0.2) is 216 Å². The SMILES string of the molecule is CC12C=CC=CC1C1CC=CC(C3=CC(c4cc(-c5cc(-c6cccc7c6oc6ccccc67)ccn5)cc(C5NC(c6ccccc6)N6C(c7ccccc7)N56)c4)NC=C3)=C1O2. The van der Waals surface area contributed by atoms with Gasteiger partial charge < -0.3 is 14.5 Å². The third kappa shape index (κ3) is 5.95. The first-order chi connectivity index (χ1) is 31.1. The molecule has 3 fully saturated rings. The van der Waals surface area contributed by atoms with Crippen molar-refractivity contribution in [3.8, 4) is 22.4 Å². The minimum Gasteiger partial charge on any atom is -0.486 e. The van der Waals surface area contributed by atoms with Gasteiger partial charge in [0.05, 0.1) is 11.7 Å². The van der Waals surface area contributed by atoms with Crippen molar-refractivity contribution in [3.05, 3.63) is 234 Å².